The van der Waals surface area contributed by atoms with Gasteiger partial charge in [-0.25, -0.2) is 9.97 Å². The second-order valence-corrected chi connectivity index (χ2v) is 4.58. The number of nitrogens with one attached hydrogen (secondary N) is 1. The molecule has 0 amide bonds. The SMILES string of the molecule is O=c1[nH]cnc2c1ncn2CC1CC(O)C(CO)O1. The molecule has 1 saturated heterocycles. The molecule has 3 unspecified atom stereocenters. The van der Waals surface area contributed by atoms with E-state index in [2.05, 4.69) is 15.0 Å². The third-order valence-electron chi connectivity index (χ3n) is 3.29. The van der Waals surface area contributed by atoms with Gasteiger partial charge in [0, 0.05) is 6.42 Å². The standard InChI is InChI=1S/C11H14N4O4/c16-3-8-7(17)1-6(19-8)2-15-5-14-9-10(15)12-4-13-11(9)18/h4-8,16-17H,1-3H2,(H,12,13,18). The van der Waals surface area contributed by atoms with Crippen LogP contribution in [-0.2, 0) is 11.3 Å². The molecular formula is C11H14N4O4. The maximum atomic E-state index is 11.5. The van der Waals surface area contributed by atoms with Crippen LogP contribution in [-0.4, -0.2) is 54.7 Å². The van der Waals surface area contributed by atoms with E-state index in [1.807, 2.05) is 0 Å². The molecule has 1 aliphatic heterocycles. The van der Waals surface area contributed by atoms with E-state index in [1.54, 1.807) is 4.57 Å². The van der Waals surface area contributed by atoms with Crippen molar-refractivity contribution in [1.29, 1.82) is 0 Å². The molecule has 8 nitrogen and oxygen atoms in total. The fourth-order valence-corrected chi connectivity index (χ4v) is 2.34. The topological polar surface area (TPSA) is 113 Å². The zero-order valence-electron chi connectivity index (χ0n) is 10.1. The van der Waals surface area contributed by atoms with Crippen LogP contribution >= 0.6 is 0 Å². The predicted molar refractivity (Wildman–Crippen MR) is 64.5 cm³/mol. The molecule has 0 aromatic carbocycles. The first kappa shape index (κ1) is 12.3. The molecule has 3 N–H and O–H groups in total. The Morgan fingerprint density at radius 2 is 2.37 bits per heavy atom. The molecule has 3 rings (SSSR count). The van der Waals surface area contributed by atoms with Crippen molar-refractivity contribution in [1.82, 2.24) is 19.5 Å². The highest BCUT2D eigenvalue weighted by atomic mass is 16.5. The highest BCUT2D eigenvalue weighted by Gasteiger charge is 2.33. The van der Waals surface area contributed by atoms with Gasteiger partial charge in [0.15, 0.2) is 11.2 Å². The van der Waals surface area contributed by atoms with Crippen LogP contribution < -0.4 is 5.56 Å². The predicted octanol–water partition coefficient (Wildman–Crippen LogP) is -1.37. The lowest BCUT2D eigenvalue weighted by Gasteiger charge is -2.12. The fourth-order valence-electron chi connectivity index (χ4n) is 2.34. The molecule has 2 aromatic heterocycles. The van der Waals surface area contributed by atoms with E-state index in [9.17, 15) is 9.90 Å². The number of nitrogens with zero attached hydrogens (tertiary/aromatic N) is 3. The van der Waals surface area contributed by atoms with Crippen LogP contribution in [0.3, 0.4) is 0 Å². The van der Waals surface area contributed by atoms with Crippen LogP contribution in [0.2, 0.25) is 0 Å². The van der Waals surface area contributed by atoms with E-state index in [0.717, 1.165) is 0 Å². The Balaban J connectivity index is 1.83. The van der Waals surface area contributed by atoms with Gasteiger partial charge in [-0.2, -0.15) is 0 Å². The smallest absolute Gasteiger partial charge is 0.278 e. The van der Waals surface area contributed by atoms with Gasteiger partial charge >= 0.3 is 0 Å². The van der Waals surface area contributed by atoms with Gasteiger partial charge < -0.3 is 24.5 Å². The monoisotopic (exact) mass is 266 g/mol. The highest BCUT2D eigenvalue weighted by Crippen LogP contribution is 2.22. The molecule has 0 bridgehead atoms. The lowest BCUT2D eigenvalue weighted by atomic mass is 10.1. The van der Waals surface area contributed by atoms with Crippen molar-refractivity contribution in [3.8, 4) is 0 Å². The van der Waals surface area contributed by atoms with Gasteiger partial charge in [-0.05, 0) is 0 Å². The van der Waals surface area contributed by atoms with Crippen molar-refractivity contribution in [2.45, 2.75) is 31.3 Å². The van der Waals surface area contributed by atoms with E-state index in [4.69, 9.17) is 9.84 Å². The Kier molecular flexibility index (Phi) is 3.05. The molecule has 0 saturated carbocycles. The summed E-state index contributed by atoms with van der Waals surface area (Å²) in [6.45, 7) is 0.223. The van der Waals surface area contributed by atoms with Crippen molar-refractivity contribution in [3.05, 3.63) is 23.0 Å². The number of rotatable bonds is 3. The molecule has 19 heavy (non-hydrogen) atoms. The molecule has 3 heterocycles. The quantitative estimate of drug-likeness (QED) is 0.631. The maximum Gasteiger partial charge on any atom is 0.278 e. The summed E-state index contributed by atoms with van der Waals surface area (Å²) in [5, 5.41) is 18.7. The number of aliphatic hydroxyl groups is 2. The van der Waals surface area contributed by atoms with E-state index < -0.39 is 12.2 Å². The van der Waals surface area contributed by atoms with E-state index in [-0.39, 0.29) is 23.8 Å². The average molecular weight is 266 g/mol. The fraction of sp³-hybridized carbons (Fsp3) is 0.545. The number of aliphatic hydroxyl groups excluding tert-OH is 2. The summed E-state index contributed by atoms with van der Waals surface area (Å²) in [5.41, 5.74) is 0.471. The normalized spacial score (nSPS) is 27.2. The molecule has 0 spiro atoms. The molecule has 2 aromatic rings. The van der Waals surface area contributed by atoms with Crippen molar-refractivity contribution >= 4 is 11.2 Å². The molecule has 102 valence electrons. The molecule has 3 atom stereocenters. The van der Waals surface area contributed by atoms with Gasteiger partial charge in [0.25, 0.3) is 5.56 Å². The van der Waals surface area contributed by atoms with Crippen LogP contribution in [0.1, 0.15) is 6.42 Å². The average Bonchev–Trinajstić information content (AvgIpc) is 2.95. The van der Waals surface area contributed by atoms with E-state index >= 15 is 0 Å². The maximum absolute atomic E-state index is 11.5. The lowest BCUT2D eigenvalue weighted by Crippen LogP contribution is -2.24. The Hall–Kier alpha value is -1.77. The Labute approximate surface area is 107 Å². The van der Waals surface area contributed by atoms with Gasteiger partial charge in [-0.3, -0.25) is 4.79 Å². The van der Waals surface area contributed by atoms with Gasteiger partial charge in [0.05, 0.1) is 38.0 Å². The zero-order chi connectivity index (χ0) is 13.4. The molecule has 0 aliphatic carbocycles. The third-order valence-corrected chi connectivity index (χ3v) is 3.29. The molecule has 1 aliphatic rings. The van der Waals surface area contributed by atoms with Gasteiger partial charge in [0.1, 0.15) is 6.10 Å². The molecule has 8 heteroatoms. The number of hydrogen-bond donors (Lipinski definition) is 3. The summed E-state index contributed by atoms with van der Waals surface area (Å²) in [5.74, 6) is 0. The van der Waals surface area contributed by atoms with Gasteiger partial charge in [-0.1, -0.05) is 0 Å². The number of aromatic amines is 1. The van der Waals surface area contributed by atoms with Crippen molar-refractivity contribution in [2.75, 3.05) is 6.61 Å². The zero-order valence-corrected chi connectivity index (χ0v) is 10.1. The first-order valence-electron chi connectivity index (χ1n) is 6.02. The largest absolute Gasteiger partial charge is 0.394 e. The molecule has 0 radical (unpaired) electrons. The van der Waals surface area contributed by atoms with Crippen molar-refractivity contribution in [3.63, 3.8) is 0 Å². The van der Waals surface area contributed by atoms with Crippen LogP contribution in [0.25, 0.3) is 11.2 Å². The minimum atomic E-state index is -0.666. The summed E-state index contributed by atoms with van der Waals surface area (Å²) < 4.78 is 7.22. The van der Waals surface area contributed by atoms with Crippen LogP contribution in [0.5, 0.6) is 0 Å². The van der Waals surface area contributed by atoms with Crippen LogP contribution in [0.15, 0.2) is 17.4 Å². The van der Waals surface area contributed by atoms with Crippen LogP contribution in [0, 0.1) is 0 Å². The molecular weight excluding hydrogens is 252 g/mol. The summed E-state index contributed by atoms with van der Waals surface area (Å²) in [6, 6.07) is 0. The Morgan fingerprint density at radius 1 is 1.53 bits per heavy atom. The number of aromatic nitrogens is 4. The number of H-pyrrole nitrogens is 1. The third kappa shape index (κ3) is 2.14. The molecule has 1 fully saturated rings. The summed E-state index contributed by atoms with van der Waals surface area (Å²) in [4.78, 5) is 22.0. The summed E-state index contributed by atoms with van der Waals surface area (Å²) >= 11 is 0. The summed E-state index contributed by atoms with van der Waals surface area (Å²) in [7, 11) is 0. The van der Waals surface area contributed by atoms with Crippen LogP contribution in [0.4, 0.5) is 0 Å². The number of fused-ring (bicyclic) bond motifs is 1. The minimum absolute atomic E-state index is 0.208. The van der Waals surface area contributed by atoms with Crippen molar-refractivity contribution < 1.29 is 14.9 Å². The number of hydrogen-bond acceptors (Lipinski definition) is 6. The second-order valence-electron chi connectivity index (χ2n) is 4.58. The van der Waals surface area contributed by atoms with Crippen molar-refractivity contribution in [2.24, 2.45) is 0 Å². The van der Waals surface area contributed by atoms with E-state index in [1.165, 1.54) is 12.7 Å². The first-order valence-corrected chi connectivity index (χ1v) is 6.02. The Morgan fingerprint density at radius 3 is 3.11 bits per heavy atom. The first-order chi connectivity index (χ1) is 9.19. The van der Waals surface area contributed by atoms with Gasteiger partial charge in [-0.15, -0.1) is 0 Å². The summed E-state index contributed by atoms with van der Waals surface area (Å²) in [6.07, 6.45) is 1.84. The number of imidazole rings is 1. The van der Waals surface area contributed by atoms with Gasteiger partial charge in [0.2, 0.25) is 0 Å². The number of ether oxygens (including phenoxy) is 1. The highest BCUT2D eigenvalue weighted by molar-refractivity contribution is 5.68. The minimum Gasteiger partial charge on any atom is -0.394 e. The second kappa shape index (κ2) is 4.72. The van der Waals surface area contributed by atoms with E-state index in [0.29, 0.717) is 18.6 Å². The Bertz CT molecular complexity index is 637. The lowest BCUT2D eigenvalue weighted by molar-refractivity contribution is -0.0255.